The van der Waals surface area contributed by atoms with E-state index < -0.39 is 67.3 Å². The average Bonchev–Trinajstić information content (AvgIpc) is 3.47. The lowest BCUT2D eigenvalue weighted by Gasteiger charge is -2.40. The number of allylic oxidation sites excluding steroid dienone is 14. The SMILES string of the molecule is CC/C=C\C/C=C\C/C=C\CCCCCCCCCC(=O)OCC(COC1OC(C(=O)O)C(O)C(O)C1OC(=O)CCCCCCCCC/C=C\C/C=C\CCCCC)OC(=O)CCCCCCC/C=C\C/C=C\CCCCC. The van der Waals surface area contributed by atoms with Crippen LogP contribution < -0.4 is 0 Å². The minimum atomic E-state index is -1.91. The van der Waals surface area contributed by atoms with E-state index in [1.807, 2.05) is 0 Å². The van der Waals surface area contributed by atoms with Crippen LogP contribution in [0.4, 0.5) is 0 Å². The van der Waals surface area contributed by atoms with Crippen molar-refractivity contribution in [2.24, 2.45) is 0 Å². The number of aliphatic hydroxyl groups is 2. The summed E-state index contributed by atoms with van der Waals surface area (Å²) in [5.41, 5.74) is 0. The number of rotatable bonds is 53. The molecule has 0 bridgehead atoms. The molecular formula is C67H112O12. The van der Waals surface area contributed by atoms with Crippen LogP contribution in [0.3, 0.4) is 0 Å². The number of carbonyl (C=O) groups is 4. The Labute approximate surface area is 480 Å². The number of carboxylic acids is 1. The van der Waals surface area contributed by atoms with Crippen molar-refractivity contribution in [2.75, 3.05) is 13.2 Å². The molecule has 1 rings (SSSR count). The first-order valence-electron chi connectivity index (χ1n) is 31.6. The van der Waals surface area contributed by atoms with Gasteiger partial charge in [-0.2, -0.15) is 0 Å². The summed E-state index contributed by atoms with van der Waals surface area (Å²) in [6, 6.07) is 0. The van der Waals surface area contributed by atoms with E-state index in [9.17, 15) is 34.5 Å². The maximum absolute atomic E-state index is 13.2. The number of esters is 3. The van der Waals surface area contributed by atoms with Crippen LogP contribution in [-0.2, 0) is 42.9 Å². The van der Waals surface area contributed by atoms with Crippen molar-refractivity contribution in [3.8, 4) is 0 Å². The Morgan fingerprint density at radius 3 is 1.22 bits per heavy atom. The molecule has 12 nitrogen and oxygen atoms in total. The second-order valence-electron chi connectivity index (χ2n) is 21.3. The van der Waals surface area contributed by atoms with E-state index in [0.717, 1.165) is 161 Å². The van der Waals surface area contributed by atoms with Gasteiger partial charge in [0.15, 0.2) is 24.6 Å². The molecule has 452 valence electrons. The molecule has 0 spiro atoms. The zero-order valence-electron chi connectivity index (χ0n) is 49.8. The molecule has 6 atom stereocenters. The highest BCUT2D eigenvalue weighted by Crippen LogP contribution is 2.26. The summed E-state index contributed by atoms with van der Waals surface area (Å²) in [5, 5.41) is 31.6. The molecule has 0 saturated carbocycles. The second-order valence-corrected chi connectivity index (χ2v) is 21.3. The topological polar surface area (TPSA) is 175 Å². The molecule has 0 radical (unpaired) electrons. The van der Waals surface area contributed by atoms with E-state index in [1.54, 1.807) is 0 Å². The fourth-order valence-corrected chi connectivity index (χ4v) is 9.09. The van der Waals surface area contributed by atoms with Crippen LogP contribution in [0.15, 0.2) is 85.1 Å². The molecule has 0 aromatic rings. The van der Waals surface area contributed by atoms with Crippen molar-refractivity contribution in [1.82, 2.24) is 0 Å². The van der Waals surface area contributed by atoms with Crippen molar-refractivity contribution in [2.45, 2.75) is 302 Å². The van der Waals surface area contributed by atoms with Gasteiger partial charge < -0.3 is 39.0 Å². The number of unbranched alkanes of at least 4 members (excludes halogenated alkanes) is 25. The smallest absolute Gasteiger partial charge is 0.335 e. The summed E-state index contributed by atoms with van der Waals surface area (Å²) in [5.74, 6) is -3.16. The molecule has 6 unspecified atom stereocenters. The van der Waals surface area contributed by atoms with Crippen molar-refractivity contribution < 1.29 is 58.2 Å². The van der Waals surface area contributed by atoms with Crippen molar-refractivity contribution >= 4 is 23.9 Å². The van der Waals surface area contributed by atoms with E-state index >= 15 is 0 Å². The number of aliphatic carboxylic acids is 1. The summed E-state index contributed by atoms with van der Waals surface area (Å²) < 4.78 is 28.5. The van der Waals surface area contributed by atoms with Gasteiger partial charge in [0.1, 0.15) is 18.8 Å². The molecule has 0 aromatic carbocycles. The highest BCUT2D eigenvalue weighted by atomic mass is 16.7. The number of ether oxygens (including phenoxy) is 5. The van der Waals surface area contributed by atoms with E-state index in [2.05, 4.69) is 106 Å². The zero-order chi connectivity index (χ0) is 57.5. The third-order valence-corrected chi connectivity index (χ3v) is 13.9. The zero-order valence-corrected chi connectivity index (χ0v) is 49.8. The number of carbonyl (C=O) groups excluding carboxylic acids is 3. The first kappa shape index (κ1) is 72.9. The van der Waals surface area contributed by atoms with Crippen LogP contribution in [0, 0.1) is 0 Å². The van der Waals surface area contributed by atoms with Crippen molar-refractivity contribution in [3.63, 3.8) is 0 Å². The quantitative estimate of drug-likeness (QED) is 0.0228. The Morgan fingerprint density at radius 1 is 0.430 bits per heavy atom. The highest BCUT2D eigenvalue weighted by molar-refractivity contribution is 5.74. The third-order valence-electron chi connectivity index (χ3n) is 13.9. The maximum atomic E-state index is 13.2. The van der Waals surface area contributed by atoms with Gasteiger partial charge in [-0.3, -0.25) is 14.4 Å². The van der Waals surface area contributed by atoms with E-state index in [-0.39, 0.29) is 25.9 Å². The van der Waals surface area contributed by atoms with E-state index in [0.29, 0.717) is 19.3 Å². The van der Waals surface area contributed by atoms with Crippen LogP contribution in [0.25, 0.3) is 0 Å². The first-order chi connectivity index (χ1) is 38.6. The van der Waals surface area contributed by atoms with Gasteiger partial charge in [-0.1, -0.05) is 215 Å². The number of carboxylic acid groups (broad SMARTS) is 1. The molecule has 1 heterocycles. The van der Waals surface area contributed by atoms with E-state index in [4.69, 9.17) is 23.7 Å². The molecule has 1 saturated heterocycles. The molecule has 0 aliphatic carbocycles. The van der Waals surface area contributed by atoms with Gasteiger partial charge in [0, 0.05) is 19.3 Å². The lowest BCUT2D eigenvalue weighted by atomic mass is 9.98. The van der Waals surface area contributed by atoms with Gasteiger partial charge in [-0.15, -0.1) is 0 Å². The lowest BCUT2D eigenvalue weighted by molar-refractivity contribution is -0.301. The first-order valence-corrected chi connectivity index (χ1v) is 31.6. The average molecular weight is 1110 g/mol. The minimum Gasteiger partial charge on any atom is -0.479 e. The Bertz CT molecular complexity index is 1700. The monoisotopic (exact) mass is 1110 g/mol. The van der Waals surface area contributed by atoms with Crippen LogP contribution in [0.5, 0.6) is 0 Å². The van der Waals surface area contributed by atoms with Gasteiger partial charge in [0.05, 0.1) is 6.61 Å². The number of hydrogen-bond donors (Lipinski definition) is 3. The van der Waals surface area contributed by atoms with Gasteiger partial charge in [-0.05, 0) is 116 Å². The standard InChI is InChI=1S/C67H112O12/c1-4-7-10-13-16-19-22-25-28-30-33-35-38-41-44-47-50-53-59(68)75-56-58(77-60(69)54-51-48-45-42-39-36-32-27-24-21-18-15-12-9-6-3)57-76-67-65(63(72)62(71)64(79-67)66(73)74)78-61(70)55-52-49-46-43-40-37-34-31-29-26-23-20-17-14-11-8-5-2/h7,10,16-21,25-29,32,58,62-65,67,71-72H,4-6,8-9,11-15,22-24,30-31,33-57H2,1-3H3,(H,73,74)/b10-7-,19-16-,20-17-,21-18-,28-25-,29-26-,32-27-. The maximum Gasteiger partial charge on any atom is 0.335 e. The minimum absolute atomic E-state index is 0.0465. The van der Waals surface area contributed by atoms with Crippen molar-refractivity contribution in [1.29, 1.82) is 0 Å². The Morgan fingerprint density at radius 2 is 0.797 bits per heavy atom. The fraction of sp³-hybridized carbons (Fsp3) is 0.731. The molecule has 1 aliphatic rings. The van der Waals surface area contributed by atoms with Gasteiger partial charge in [-0.25, -0.2) is 4.79 Å². The predicted molar refractivity (Wildman–Crippen MR) is 321 cm³/mol. The summed E-state index contributed by atoms with van der Waals surface area (Å²) in [6.07, 6.45) is 58.2. The molecule has 1 aliphatic heterocycles. The molecule has 12 heteroatoms. The second kappa shape index (κ2) is 54.5. The van der Waals surface area contributed by atoms with Gasteiger partial charge >= 0.3 is 23.9 Å². The molecule has 3 N–H and O–H groups in total. The van der Waals surface area contributed by atoms with Crippen molar-refractivity contribution in [3.05, 3.63) is 85.1 Å². The largest absolute Gasteiger partial charge is 0.479 e. The summed E-state index contributed by atoms with van der Waals surface area (Å²) in [6.45, 7) is 5.82. The van der Waals surface area contributed by atoms with Crippen LogP contribution >= 0.6 is 0 Å². The number of hydrogen-bond acceptors (Lipinski definition) is 11. The molecule has 1 fully saturated rings. The Kier molecular flexibility index (Phi) is 50.3. The van der Waals surface area contributed by atoms with Gasteiger partial charge in [0.2, 0.25) is 0 Å². The molecule has 0 amide bonds. The van der Waals surface area contributed by atoms with Crippen LogP contribution in [0.2, 0.25) is 0 Å². The Hall–Kier alpha value is -4.10. The molecular weight excluding hydrogens is 997 g/mol. The van der Waals surface area contributed by atoms with Gasteiger partial charge in [0.25, 0.3) is 0 Å². The molecule has 0 aromatic heterocycles. The Balaban J connectivity index is 2.69. The molecule has 79 heavy (non-hydrogen) atoms. The van der Waals surface area contributed by atoms with E-state index in [1.165, 1.54) is 44.9 Å². The number of aliphatic hydroxyl groups excluding tert-OH is 2. The predicted octanol–water partition coefficient (Wildman–Crippen LogP) is 16.7. The summed E-state index contributed by atoms with van der Waals surface area (Å²) in [4.78, 5) is 51.3. The summed E-state index contributed by atoms with van der Waals surface area (Å²) in [7, 11) is 0. The lowest BCUT2D eigenvalue weighted by Crippen LogP contribution is -2.61. The summed E-state index contributed by atoms with van der Waals surface area (Å²) >= 11 is 0. The van der Waals surface area contributed by atoms with Crippen LogP contribution in [0.1, 0.15) is 265 Å². The normalized spacial score (nSPS) is 18.4. The van der Waals surface area contributed by atoms with Crippen LogP contribution in [-0.4, -0.2) is 89.2 Å². The third kappa shape index (κ3) is 44.3. The fourth-order valence-electron chi connectivity index (χ4n) is 9.09. The highest BCUT2D eigenvalue weighted by Gasteiger charge is 2.50.